The molecule has 9 heteroatoms. The SMILES string of the molecule is Cc1nn(C)c2ncc(C(=O)Nc3cc(F)ccc3NC(=O)c3ccccn3)cc12. The normalized spacial score (nSPS) is 10.8. The summed E-state index contributed by atoms with van der Waals surface area (Å²) in [5, 5.41) is 10.3. The number of carbonyl (C=O) groups is 2. The summed E-state index contributed by atoms with van der Waals surface area (Å²) in [7, 11) is 1.77. The number of benzene rings is 1. The molecule has 3 heterocycles. The fourth-order valence-corrected chi connectivity index (χ4v) is 3.04. The maximum atomic E-state index is 13.8. The van der Waals surface area contributed by atoms with E-state index in [0.29, 0.717) is 5.65 Å². The Kier molecular flexibility index (Phi) is 4.93. The number of rotatable bonds is 4. The van der Waals surface area contributed by atoms with Gasteiger partial charge >= 0.3 is 0 Å². The molecule has 0 saturated carbocycles. The Balaban J connectivity index is 1.61. The number of amides is 2. The van der Waals surface area contributed by atoms with Gasteiger partial charge in [0.1, 0.15) is 11.5 Å². The van der Waals surface area contributed by atoms with Crippen molar-refractivity contribution < 1.29 is 14.0 Å². The molecule has 4 rings (SSSR count). The number of aromatic nitrogens is 4. The molecule has 0 bridgehead atoms. The lowest BCUT2D eigenvalue weighted by Crippen LogP contribution is -2.18. The molecule has 0 unspecified atom stereocenters. The highest BCUT2D eigenvalue weighted by Crippen LogP contribution is 2.25. The Hall–Kier alpha value is -4.14. The largest absolute Gasteiger partial charge is 0.320 e. The molecule has 30 heavy (non-hydrogen) atoms. The zero-order chi connectivity index (χ0) is 21.3. The molecular formula is C21H17FN6O2. The molecule has 0 aliphatic heterocycles. The van der Waals surface area contributed by atoms with E-state index in [0.717, 1.165) is 17.1 Å². The van der Waals surface area contributed by atoms with Crippen LogP contribution < -0.4 is 10.6 Å². The minimum atomic E-state index is -0.558. The number of pyridine rings is 2. The van der Waals surface area contributed by atoms with Gasteiger partial charge in [-0.25, -0.2) is 9.37 Å². The second kappa shape index (κ2) is 7.70. The first kappa shape index (κ1) is 19.2. The minimum absolute atomic E-state index is 0.118. The zero-order valence-corrected chi connectivity index (χ0v) is 16.2. The van der Waals surface area contributed by atoms with Gasteiger partial charge in [0, 0.05) is 24.8 Å². The van der Waals surface area contributed by atoms with Gasteiger partial charge in [0.2, 0.25) is 0 Å². The summed E-state index contributed by atoms with van der Waals surface area (Å²) in [6.07, 6.45) is 2.91. The Labute approximate surface area is 170 Å². The molecule has 8 nitrogen and oxygen atoms in total. The number of carbonyl (C=O) groups excluding carboxylic acids is 2. The first-order chi connectivity index (χ1) is 14.4. The van der Waals surface area contributed by atoms with Crippen LogP contribution in [0.1, 0.15) is 26.5 Å². The first-order valence-corrected chi connectivity index (χ1v) is 9.05. The van der Waals surface area contributed by atoms with Crippen molar-refractivity contribution in [3.63, 3.8) is 0 Å². The van der Waals surface area contributed by atoms with Crippen molar-refractivity contribution in [3.8, 4) is 0 Å². The summed E-state index contributed by atoms with van der Waals surface area (Å²) in [6, 6.07) is 10.3. The highest BCUT2D eigenvalue weighted by Gasteiger charge is 2.16. The third kappa shape index (κ3) is 3.72. The first-order valence-electron chi connectivity index (χ1n) is 9.05. The van der Waals surface area contributed by atoms with E-state index in [9.17, 15) is 14.0 Å². The topological polar surface area (TPSA) is 102 Å². The lowest BCUT2D eigenvalue weighted by Gasteiger charge is -2.12. The van der Waals surface area contributed by atoms with Crippen LogP contribution >= 0.6 is 0 Å². The Morgan fingerprint density at radius 2 is 1.80 bits per heavy atom. The predicted molar refractivity (Wildman–Crippen MR) is 110 cm³/mol. The number of hydrogen-bond acceptors (Lipinski definition) is 5. The quantitative estimate of drug-likeness (QED) is 0.543. The van der Waals surface area contributed by atoms with E-state index in [1.165, 1.54) is 24.5 Å². The van der Waals surface area contributed by atoms with E-state index >= 15 is 0 Å². The van der Waals surface area contributed by atoms with E-state index in [1.807, 2.05) is 6.92 Å². The number of hydrogen-bond donors (Lipinski definition) is 2. The maximum absolute atomic E-state index is 13.8. The Bertz CT molecular complexity index is 1270. The summed E-state index contributed by atoms with van der Waals surface area (Å²) >= 11 is 0. The number of nitrogens with zero attached hydrogens (tertiary/aromatic N) is 4. The highest BCUT2D eigenvalue weighted by atomic mass is 19.1. The number of halogens is 1. The van der Waals surface area contributed by atoms with Crippen molar-refractivity contribution in [2.75, 3.05) is 10.6 Å². The Morgan fingerprint density at radius 3 is 2.57 bits per heavy atom. The molecule has 0 saturated heterocycles. The van der Waals surface area contributed by atoms with Crippen molar-refractivity contribution in [1.82, 2.24) is 19.7 Å². The lowest BCUT2D eigenvalue weighted by molar-refractivity contribution is 0.101. The molecule has 0 aliphatic rings. The summed E-state index contributed by atoms with van der Waals surface area (Å²) in [6.45, 7) is 1.82. The highest BCUT2D eigenvalue weighted by molar-refractivity contribution is 6.10. The molecule has 0 atom stereocenters. The van der Waals surface area contributed by atoms with Crippen molar-refractivity contribution in [2.24, 2.45) is 7.05 Å². The molecule has 1 aromatic carbocycles. The van der Waals surface area contributed by atoms with Crippen LogP contribution in [0.5, 0.6) is 0 Å². The number of aryl methyl sites for hydroxylation is 2. The van der Waals surface area contributed by atoms with Gasteiger partial charge < -0.3 is 10.6 Å². The standard InChI is InChI=1S/C21H17FN6O2/c1-12-15-9-13(11-24-19(15)28(2)27-12)20(29)26-18-10-14(22)6-7-16(18)25-21(30)17-5-3-4-8-23-17/h3-11H,1-2H3,(H,25,30)(H,26,29). The lowest BCUT2D eigenvalue weighted by atomic mass is 10.2. The fraction of sp³-hybridized carbons (Fsp3) is 0.0952. The average molecular weight is 404 g/mol. The van der Waals surface area contributed by atoms with Crippen LogP contribution in [0.3, 0.4) is 0 Å². The second-order valence-electron chi connectivity index (χ2n) is 6.62. The third-order valence-electron chi connectivity index (χ3n) is 4.50. The molecule has 0 aliphatic carbocycles. The van der Waals surface area contributed by atoms with Gasteiger partial charge in [0.15, 0.2) is 5.65 Å². The minimum Gasteiger partial charge on any atom is -0.320 e. The summed E-state index contributed by atoms with van der Waals surface area (Å²) in [4.78, 5) is 33.4. The number of nitrogens with one attached hydrogen (secondary N) is 2. The molecule has 4 aromatic rings. The molecule has 2 N–H and O–H groups in total. The van der Waals surface area contributed by atoms with Gasteiger partial charge in [-0.15, -0.1) is 0 Å². The predicted octanol–water partition coefficient (Wildman–Crippen LogP) is 3.32. The van der Waals surface area contributed by atoms with Crippen molar-refractivity contribution in [2.45, 2.75) is 6.92 Å². The van der Waals surface area contributed by atoms with Gasteiger partial charge in [-0.1, -0.05) is 6.07 Å². The van der Waals surface area contributed by atoms with Gasteiger partial charge in [-0.3, -0.25) is 19.3 Å². The van der Waals surface area contributed by atoms with Crippen LogP contribution in [-0.4, -0.2) is 31.6 Å². The van der Waals surface area contributed by atoms with Gasteiger partial charge in [-0.05, 0) is 43.3 Å². The van der Waals surface area contributed by atoms with Crippen LogP contribution in [0.4, 0.5) is 15.8 Å². The number of fused-ring (bicyclic) bond motifs is 1. The van der Waals surface area contributed by atoms with E-state index in [-0.39, 0.29) is 22.6 Å². The van der Waals surface area contributed by atoms with E-state index in [4.69, 9.17) is 0 Å². The van der Waals surface area contributed by atoms with Crippen molar-refractivity contribution >= 4 is 34.2 Å². The molecule has 0 spiro atoms. The molecule has 3 aromatic heterocycles. The van der Waals surface area contributed by atoms with E-state index < -0.39 is 17.6 Å². The molecule has 150 valence electrons. The summed E-state index contributed by atoms with van der Waals surface area (Å²) in [5.41, 5.74) is 2.23. The smallest absolute Gasteiger partial charge is 0.274 e. The van der Waals surface area contributed by atoms with Gasteiger partial charge in [-0.2, -0.15) is 5.10 Å². The molecule has 0 fully saturated rings. The fourth-order valence-electron chi connectivity index (χ4n) is 3.04. The van der Waals surface area contributed by atoms with Crippen molar-refractivity contribution in [1.29, 1.82) is 0 Å². The van der Waals surface area contributed by atoms with Crippen LogP contribution in [0.25, 0.3) is 11.0 Å². The molecule has 2 amide bonds. The summed E-state index contributed by atoms with van der Waals surface area (Å²) < 4.78 is 15.5. The summed E-state index contributed by atoms with van der Waals surface area (Å²) in [5.74, 6) is -1.53. The van der Waals surface area contributed by atoms with Gasteiger partial charge in [0.25, 0.3) is 11.8 Å². The zero-order valence-electron chi connectivity index (χ0n) is 16.2. The van der Waals surface area contributed by atoms with Crippen LogP contribution in [0.15, 0.2) is 54.9 Å². The monoisotopic (exact) mass is 404 g/mol. The average Bonchev–Trinajstić information content (AvgIpc) is 3.03. The molecular weight excluding hydrogens is 387 g/mol. The number of anilines is 2. The Morgan fingerprint density at radius 1 is 1.00 bits per heavy atom. The second-order valence-corrected chi connectivity index (χ2v) is 6.62. The third-order valence-corrected chi connectivity index (χ3v) is 4.50. The van der Waals surface area contributed by atoms with E-state index in [2.05, 4.69) is 25.7 Å². The van der Waals surface area contributed by atoms with Crippen LogP contribution in [0.2, 0.25) is 0 Å². The van der Waals surface area contributed by atoms with Gasteiger partial charge in [0.05, 0.1) is 22.6 Å². The van der Waals surface area contributed by atoms with Crippen LogP contribution in [-0.2, 0) is 7.05 Å². The molecule has 0 radical (unpaired) electrons. The van der Waals surface area contributed by atoms with Crippen LogP contribution in [0, 0.1) is 12.7 Å². The maximum Gasteiger partial charge on any atom is 0.274 e. The van der Waals surface area contributed by atoms with Crippen molar-refractivity contribution in [3.05, 3.63) is 77.6 Å². The van der Waals surface area contributed by atoms with E-state index in [1.54, 1.807) is 36.0 Å².